The van der Waals surface area contributed by atoms with Crippen molar-refractivity contribution in [2.45, 2.75) is 53.4 Å². The first-order valence-corrected chi connectivity index (χ1v) is 12.8. The third-order valence-corrected chi connectivity index (χ3v) is 7.48. The van der Waals surface area contributed by atoms with Gasteiger partial charge in [0.05, 0.1) is 33.2 Å². The van der Waals surface area contributed by atoms with E-state index in [0.29, 0.717) is 48.4 Å². The Hall–Kier alpha value is -4.20. The summed E-state index contributed by atoms with van der Waals surface area (Å²) < 4.78 is 0. The topological polar surface area (TPSA) is 132 Å². The second kappa shape index (κ2) is 8.15. The summed E-state index contributed by atoms with van der Waals surface area (Å²) in [5.74, 6) is 0.702. The van der Waals surface area contributed by atoms with Crippen LogP contribution in [-0.2, 0) is 9.59 Å². The molecule has 2 aliphatic carbocycles. The highest BCUT2D eigenvalue weighted by Gasteiger charge is 2.36. The highest BCUT2D eigenvalue weighted by Crippen LogP contribution is 2.40. The third-order valence-electron chi connectivity index (χ3n) is 7.48. The number of fused-ring (bicyclic) bond motifs is 2. The second-order valence-corrected chi connectivity index (χ2v) is 12.2. The smallest absolute Gasteiger partial charge is 0.170 e. The van der Waals surface area contributed by atoms with Crippen LogP contribution in [0, 0.1) is 10.8 Å². The van der Waals surface area contributed by atoms with Gasteiger partial charge < -0.3 is 20.2 Å². The van der Waals surface area contributed by atoms with Crippen molar-refractivity contribution in [1.82, 2.24) is 19.9 Å². The van der Waals surface area contributed by atoms with Crippen LogP contribution in [0.1, 0.15) is 65.0 Å². The molecule has 0 amide bonds. The molecule has 2 aliphatic rings. The largest absolute Gasteiger partial charge is 0.511 e. The molecule has 4 aromatic rings. The van der Waals surface area contributed by atoms with Crippen LogP contribution in [0.3, 0.4) is 0 Å². The van der Waals surface area contributed by atoms with Crippen molar-refractivity contribution in [2.24, 2.45) is 10.8 Å². The number of aromatic amines is 2. The Labute approximate surface area is 219 Å². The number of nitrogens with one attached hydrogen (secondary N) is 2. The predicted molar refractivity (Wildman–Crippen MR) is 146 cm³/mol. The lowest BCUT2D eigenvalue weighted by molar-refractivity contribution is -0.117. The maximum atomic E-state index is 12.8. The van der Waals surface area contributed by atoms with E-state index in [4.69, 9.17) is 0 Å². The summed E-state index contributed by atoms with van der Waals surface area (Å²) in [5, 5.41) is 21.2. The molecule has 0 saturated heterocycles. The minimum absolute atomic E-state index is 0.0761. The summed E-state index contributed by atoms with van der Waals surface area (Å²) in [6.45, 7) is 7.87. The number of carbonyl (C=O) groups excluding carboxylic acids is 2. The van der Waals surface area contributed by atoms with Gasteiger partial charge in [0.2, 0.25) is 0 Å². The summed E-state index contributed by atoms with van der Waals surface area (Å²) in [5.41, 5.74) is 4.77. The average molecular weight is 511 g/mol. The molecule has 2 aromatic carbocycles. The molecule has 6 rings (SSSR count). The lowest BCUT2D eigenvalue weighted by Gasteiger charge is -2.28. The highest BCUT2D eigenvalue weighted by atomic mass is 16.3. The van der Waals surface area contributed by atoms with E-state index in [1.54, 1.807) is 0 Å². The van der Waals surface area contributed by atoms with Gasteiger partial charge >= 0.3 is 0 Å². The van der Waals surface area contributed by atoms with Gasteiger partial charge in [-0.2, -0.15) is 0 Å². The third kappa shape index (κ3) is 4.10. The molecule has 0 aliphatic heterocycles. The minimum Gasteiger partial charge on any atom is -0.511 e. The molecule has 38 heavy (non-hydrogen) atoms. The van der Waals surface area contributed by atoms with Crippen molar-refractivity contribution in [3.8, 4) is 11.1 Å². The maximum Gasteiger partial charge on any atom is 0.170 e. The van der Waals surface area contributed by atoms with Gasteiger partial charge in [-0.1, -0.05) is 39.8 Å². The number of Topliss-reactive ketones (excluding diaryl/α,β-unsaturated/α-hetero) is 2. The number of hydrogen-bond acceptors (Lipinski definition) is 6. The Morgan fingerprint density at radius 3 is 1.42 bits per heavy atom. The van der Waals surface area contributed by atoms with Gasteiger partial charge in [0.15, 0.2) is 11.6 Å². The number of allylic oxidation sites excluding steroid dienone is 4. The van der Waals surface area contributed by atoms with Crippen LogP contribution in [0.4, 0.5) is 0 Å². The number of nitrogens with zero attached hydrogens (tertiary/aromatic N) is 2. The first-order valence-electron chi connectivity index (χ1n) is 12.8. The molecule has 8 nitrogen and oxygen atoms in total. The molecule has 0 saturated carbocycles. The fraction of sp³-hybridized carbons (Fsp3) is 0.333. The first-order chi connectivity index (χ1) is 17.9. The van der Waals surface area contributed by atoms with E-state index in [1.807, 2.05) is 64.1 Å². The van der Waals surface area contributed by atoms with E-state index in [1.165, 1.54) is 0 Å². The standard InChI is InChI=1S/C30H30N4O4/c1-29(2)11-21(35)25(22(36)12-29)27-31-17-7-5-15(9-19(17)33-27)16-6-8-18-20(10-16)34-28(32-18)26-23(37)13-30(3,4)14-24(26)38/h5-10,35,37H,11-14H2,1-4H3,(H,31,33)(H,32,34). The fourth-order valence-corrected chi connectivity index (χ4v) is 5.73. The summed E-state index contributed by atoms with van der Waals surface area (Å²) in [6, 6.07) is 11.6. The number of aliphatic hydroxyl groups excluding tert-OH is 2. The molecular weight excluding hydrogens is 480 g/mol. The summed E-state index contributed by atoms with van der Waals surface area (Å²) >= 11 is 0. The lowest BCUT2D eigenvalue weighted by atomic mass is 9.76. The number of rotatable bonds is 3. The van der Waals surface area contributed by atoms with Crippen molar-refractivity contribution in [2.75, 3.05) is 0 Å². The SMILES string of the molecule is CC1(C)CC(=O)C(c2nc3ccc(-c4ccc5nc(C6=C(O)CC(C)(C)CC6=O)[nH]c5c4)cc3[nH]2)=C(O)C1. The van der Waals surface area contributed by atoms with Crippen LogP contribution in [0.2, 0.25) is 0 Å². The zero-order valence-corrected chi connectivity index (χ0v) is 21.9. The van der Waals surface area contributed by atoms with Gasteiger partial charge in [0.25, 0.3) is 0 Å². The number of carbonyl (C=O) groups is 2. The van der Waals surface area contributed by atoms with Crippen molar-refractivity contribution in [3.05, 3.63) is 59.6 Å². The number of aromatic nitrogens is 4. The van der Waals surface area contributed by atoms with E-state index >= 15 is 0 Å². The minimum atomic E-state index is -0.273. The monoisotopic (exact) mass is 510 g/mol. The number of H-pyrrole nitrogens is 2. The molecule has 2 aromatic heterocycles. The van der Waals surface area contributed by atoms with Gasteiger partial charge in [-0.3, -0.25) is 9.59 Å². The summed E-state index contributed by atoms with van der Waals surface area (Å²) in [6.07, 6.45) is 1.58. The van der Waals surface area contributed by atoms with E-state index < -0.39 is 0 Å². The van der Waals surface area contributed by atoms with Crippen molar-refractivity contribution >= 4 is 44.8 Å². The highest BCUT2D eigenvalue weighted by molar-refractivity contribution is 6.22. The zero-order valence-electron chi connectivity index (χ0n) is 21.9. The predicted octanol–water partition coefficient (Wildman–Crippen LogP) is 6.42. The molecule has 0 bridgehead atoms. The molecular formula is C30H30N4O4. The van der Waals surface area contributed by atoms with E-state index in [-0.39, 0.29) is 45.1 Å². The number of hydrogen-bond donors (Lipinski definition) is 4. The van der Waals surface area contributed by atoms with Gasteiger partial charge in [-0.05, 0) is 46.2 Å². The van der Waals surface area contributed by atoms with Crippen molar-refractivity contribution in [1.29, 1.82) is 0 Å². The Balaban J connectivity index is 1.35. The second-order valence-electron chi connectivity index (χ2n) is 12.2. The van der Waals surface area contributed by atoms with Crippen LogP contribution in [-0.4, -0.2) is 41.7 Å². The Morgan fingerprint density at radius 1 is 0.658 bits per heavy atom. The van der Waals surface area contributed by atoms with Crippen molar-refractivity contribution in [3.63, 3.8) is 0 Å². The van der Waals surface area contributed by atoms with Crippen LogP contribution in [0.25, 0.3) is 44.3 Å². The number of ketones is 2. The normalized spacial score (nSPS) is 19.7. The summed E-state index contributed by atoms with van der Waals surface area (Å²) in [7, 11) is 0. The molecule has 0 fully saturated rings. The summed E-state index contributed by atoms with van der Waals surface area (Å²) in [4.78, 5) is 41.1. The Bertz CT molecular complexity index is 1600. The molecule has 194 valence electrons. The molecule has 2 heterocycles. The fourth-order valence-electron chi connectivity index (χ4n) is 5.73. The molecule has 0 radical (unpaired) electrons. The van der Waals surface area contributed by atoms with Gasteiger partial charge in [0, 0.05) is 25.7 Å². The van der Waals surface area contributed by atoms with Gasteiger partial charge in [0.1, 0.15) is 23.2 Å². The van der Waals surface area contributed by atoms with Crippen LogP contribution < -0.4 is 0 Å². The lowest BCUT2D eigenvalue weighted by Crippen LogP contribution is -2.25. The maximum absolute atomic E-state index is 12.8. The number of imidazole rings is 2. The van der Waals surface area contributed by atoms with Crippen LogP contribution >= 0.6 is 0 Å². The zero-order chi connectivity index (χ0) is 27.0. The molecule has 4 N–H and O–H groups in total. The van der Waals surface area contributed by atoms with Gasteiger partial charge in [-0.25, -0.2) is 9.97 Å². The first kappa shape index (κ1) is 24.2. The molecule has 0 atom stereocenters. The Morgan fingerprint density at radius 2 is 1.05 bits per heavy atom. The number of aliphatic hydroxyl groups is 2. The molecule has 0 unspecified atom stereocenters. The Kier molecular flexibility index (Phi) is 5.18. The van der Waals surface area contributed by atoms with Crippen LogP contribution in [0.15, 0.2) is 47.9 Å². The molecule has 8 heteroatoms. The number of benzene rings is 2. The van der Waals surface area contributed by atoms with E-state index in [9.17, 15) is 19.8 Å². The van der Waals surface area contributed by atoms with Gasteiger partial charge in [-0.15, -0.1) is 0 Å². The van der Waals surface area contributed by atoms with E-state index in [2.05, 4.69) is 19.9 Å². The van der Waals surface area contributed by atoms with Crippen LogP contribution in [0.5, 0.6) is 0 Å². The van der Waals surface area contributed by atoms with Crippen molar-refractivity contribution < 1.29 is 19.8 Å². The van der Waals surface area contributed by atoms with E-state index in [0.717, 1.165) is 22.2 Å². The molecule has 0 spiro atoms. The average Bonchev–Trinajstić information content (AvgIpc) is 3.38. The quantitative estimate of drug-likeness (QED) is 0.251.